The summed E-state index contributed by atoms with van der Waals surface area (Å²) in [5.74, 6) is 0. The van der Waals surface area contributed by atoms with Crippen molar-refractivity contribution in [2.75, 3.05) is 0 Å². The molecule has 0 amide bonds. The maximum Gasteiger partial charge on any atom is 1.00 e. The van der Waals surface area contributed by atoms with Crippen molar-refractivity contribution in [1.82, 2.24) is 0 Å². The summed E-state index contributed by atoms with van der Waals surface area (Å²) in [6, 6.07) is 0. The van der Waals surface area contributed by atoms with Crippen LogP contribution in [0.4, 0.5) is 0 Å². The Morgan fingerprint density at radius 1 is 1.07 bits per heavy atom. The van der Waals surface area contributed by atoms with Gasteiger partial charge >= 0.3 is 71.6 Å². The molecule has 0 aromatic rings. The Labute approximate surface area is 139 Å². The van der Waals surface area contributed by atoms with Gasteiger partial charge in [0.05, 0.1) is 7.82 Å². The van der Waals surface area contributed by atoms with Gasteiger partial charge in [0.25, 0.3) is 0 Å². The average molecular weight is 321 g/mol. The maximum atomic E-state index is 10.1. The van der Waals surface area contributed by atoms with Crippen LogP contribution in [0.2, 0.25) is 0 Å². The predicted octanol–water partition coefficient (Wildman–Crippen LogP) is -6.96. The molecule has 0 rings (SSSR count). The van der Waals surface area contributed by atoms with E-state index in [2.05, 4.69) is 9.05 Å². The van der Waals surface area contributed by atoms with Gasteiger partial charge in [0.2, 0.25) is 0 Å². The van der Waals surface area contributed by atoms with Crippen LogP contribution >= 0.6 is 38.8 Å². The van der Waals surface area contributed by atoms with E-state index in [1.165, 1.54) is 0 Å². The summed E-state index contributed by atoms with van der Waals surface area (Å²) in [6.45, 7) is 0. The molecule has 0 aliphatic heterocycles. The molecule has 0 unspecified atom stereocenters. The van der Waals surface area contributed by atoms with Crippen LogP contribution in [0.3, 0.4) is 0 Å². The second-order valence-corrected chi connectivity index (χ2v) is 5.01. The molecule has 0 atom stereocenters. The van der Waals surface area contributed by atoms with Crippen molar-refractivity contribution in [2.45, 2.75) is 4.71 Å². The standard InChI is InChI=1S/CH4Cl2O8P2.2Na/c2-1(3,10-12(4,5)6)11-13(7,8)9;;/h(H2,4,5,6)(H2,7,8,9);;/q;2*+1/p-2. The molecule has 14 heteroatoms. The van der Waals surface area contributed by atoms with Crippen molar-refractivity contribution in [2.24, 2.45) is 0 Å². The molecule has 15 heavy (non-hydrogen) atoms. The molecule has 0 aromatic carbocycles. The third-order valence-corrected chi connectivity index (χ3v) is 2.16. The SMILES string of the molecule is O=P([O-])([O-])OC(Cl)(Cl)OP(=O)(O)O.[Na+].[Na+]. The van der Waals surface area contributed by atoms with Gasteiger partial charge in [0.15, 0.2) is 0 Å². The van der Waals surface area contributed by atoms with E-state index in [0.717, 1.165) is 0 Å². The smallest absolute Gasteiger partial charge is 0.790 e. The van der Waals surface area contributed by atoms with Gasteiger partial charge in [-0.15, -0.1) is 0 Å². The summed E-state index contributed by atoms with van der Waals surface area (Å²) < 4.78 is 23.4. The molecule has 80 valence electrons. The van der Waals surface area contributed by atoms with Crippen molar-refractivity contribution >= 4 is 38.8 Å². The molecule has 0 bridgehead atoms. The fraction of sp³-hybridized carbons (Fsp3) is 1.00. The van der Waals surface area contributed by atoms with Crippen LogP contribution in [0.5, 0.6) is 0 Å². The molecule has 0 aliphatic rings. The Kier molecular flexibility index (Phi) is 12.3. The molecule has 0 saturated heterocycles. The summed E-state index contributed by atoms with van der Waals surface area (Å²) in [6.07, 6.45) is 0. The summed E-state index contributed by atoms with van der Waals surface area (Å²) in [5.41, 5.74) is 0. The molecule has 0 saturated carbocycles. The number of phosphoric acid groups is 2. The molecule has 0 heterocycles. The summed E-state index contributed by atoms with van der Waals surface area (Å²) in [5, 5.41) is 0. The number of hydrogen-bond acceptors (Lipinski definition) is 6. The van der Waals surface area contributed by atoms with Gasteiger partial charge in [0.1, 0.15) is 0 Å². The van der Waals surface area contributed by atoms with E-state index in [0.29, 0.717) is 0 Å². The van der Waals surface area contributed by atoms with Crippen LogP contribution in [0.25, 0.3) is 0 Å². The largest absolute Gasteiger partial charge is 1.00 e. The van der Waals surface area contributed by atoms with Crippen molar-refractivity contribution < 1.29 is 96.9 Å². The Morgan fingerprint density at radius 3 is 1.60 bits per heavy atom. The van der Waals surface area contributed by atoms with Gasteiger partial charge < -0.3 is 24.1 Å². The Balaban J connectivity index is -0.000000720. The first-order valence-electron chi connectivity index (χ1n) is 2.28. The van der Waals surface area contributed by atoms with E-state index in [9.17, 15) is 18.9 Å². The summed E-state index contributed by atoms with van der Waals surface area (Å²) >= 11 is 9.52. The van der Waals surface area contributed by atoms with Gasteiger partial charge in [0, 0.05) is 0 Å². The van der Waals surface area contributed by atoms with Crippen molar-refractivity contribution in [1.29, 1.82) is 0 Å². The average Bonchev–Trinajstić information content (AvgIpc) is 1.43. The molecule has 0 spiro atoms. The van der Waals surface area contributed by atoms with Gasteiger partial charge in [-0.2, -0.15) is 0 Å². The number of rotatable bonds is 4. The predicted molar refractivity (Wildman–Crippen MR) is 36.3 cm³/mol. The summed E-state index contributed by atoms with van der Waals surface area (Å²) in [4.78, 5) is 36.0. The van der Waals surface area contributed by atoms with E-state index >= 15 is 0 Å². The minimum absolute atomic E-state index is 0. The van der Waals surface area contributed by atoms with Crippen LogP contribution in [0, 0.1) is 0 Å². The van der Waals surface area contributed by atoms with Gasteiger partial charge in [-0.3, -0.25) is 4.52 Å². The molecule has 2 N–H and O–H groups in total. The Bertz CT molecular complexity index is 244. The van der Waals surface area contributed by atoms with Crippen LogP contribution in [-0.4, -0.2) is 14.5 Å². The normalized spacial score (nSPS) is 12.7. The van der Waals surface area contributed by atoms with Crippen LogP contribution < -0.4 is 68.9 Å². The quantitative estimate of drug-likeness (QED) is 0.225. The number of halogens is 2. The fourth-order valence-electron chi connectivity index (χ4n) is 0.285. The zero-order valence-corrected chi connectivity index (χ0v) is 14.8. The third kappa shape index (κ3) is 16.8. The zero-order valence-electron chi connectivity index (χ0n) is 7.49. The van der Waals surface area contributed by atoms with E-state index < -0.39 is 20.4 Å². The molecule has 8 nitrogen and oxygen atoms in total. The van der Waals surface area contributed by atoms with Gasteiger partial charge in [-0.25, -0.2) is 9.09 Å². The first-order chi connectivity index (χ1) is 5.41. The summed E-state index contributed by atoms with van der Waals surface area (Å²) in [7, 11) is -10.8. The zero-order chi connectivity index (χ0) is 10.9. The van der Waals surface area contributed by atoms with Crippen molar-refractivity contribution in [3.05, 3.63) is 0 Å². The van der Waals surface area contributed by atoms with E-state index in [-0.39, 0.29) is 59.1 Å². The number of hydrogen-bond donors (Lipinski definition) is 2. The molecular formula is CH2Cl2Na2O8P2. The second kappa shape index (κ2) is 8.07. The first kappa shape index (κ1) is 22.9. The first-order valence-corrected chi connectivity index (χ1v) is 6.03. The van der Waals surface area contributed by atoms with Crippen molar-refractivity contribution in [3.8, 4) is 0 Å². The van der Waals surface area contributed by atoms with Gasteiger partial charge in [-0.1, -0.05) is 0 Å². The Hall–Kier alpha value is 2.80. The molecule has 0 aromatic heterocycles. The van der Waals surface area contributed by atoms with Crippen LogP contribution in [0.1, 0.15) is 0 Å². The van der Waals surface area contributed by atoms with E-state index in [1.54, 1.807) is 0 Å². The van der Waals surface area contributed by atoms with Crippen LogP contribution in [0.15, 0.2) is 0 Å². The Morgan fingerprint density at radius 2 is 1.40 bits per heavy atom. The second-order valence-electron chi connectivity index (χ2n) is 1.58. The minimum atomic E-state index is -5.61. The number of alkyl halides is 2. The molecule has 0 fully saturated rings. The minimum Gasteiger partial charge on any atom is -0.790 e. The molecular weight excluding hydrogens is 319 g/mol. The topological polar surface area (TPSA) is 139 Å². The monoisotopic (exact) mass is 320 g/mol. The maximum absolute atomic E-state index is 10.1. The molecule has 0 radical (unpaired) electrons. The third-order valence-electron chi connectivity index (χ3n) is 0.443. The van der Waals surface area contributed by atoms with Gasteiger partial charge in [-0.05, 0) is 23.2 Å². The molecule has 0 aliphatic carbocycles. The van der Waals surface area contributed by atoms with Crippen molar-refractivity contribution in [3.63, 3.8) is 0 Å². The van der Waals surface area contributed by atoms with E-state index in [4.69, 9.17) is 33.0 Å². The van der Waals surface area contributed by atoms with E-state index in [1.807, 2.05) is 0 Å². The van der Waals surface area contributed by atoms with Crippen LogP contribution in [-0.2, 0) is 18.2 Å². The fourth-order valence-corrected chi connectivity index (χ4v) is 2.00. The number of phosphoric ester groups is 2.